The monoisotopic (exact) mass is 359 g/mol. The Balaban J connectivity index is 0.00000288. The lowest BCUT2D eigenvalue weighted by Gasteiger charge is -2.28. The highest BCUT2D eigenvalue weighted by Crippen LogP contribution is 2.28. The van der Waals surface area contributed by atoms with Crippen LogP contribution in [0.25, 0.3) is 0 Å². The largest absolute Gasteiger partial charge is 0.356 e. The average molecular weight is 360 g/mol. The zero-order valence-electron chi connectivity index (χ0n) is 14.9. The van der Waals surface area contributed by atoms with Crippen molar-refractivity contribution in [2.75, 3.05) is 20.1 Å². The van der Waals surface area contributed by atoms with Crippen LogP contribution in [0.5, 0.6) is 0 Å². The highest BCUT2D eigenvalue weighted by Gasteiger charge is 2.27. The summed E-state index contributed by atoms with van der Waals surface area (Å²) in [6, 6.07) is 0.275. The standard InChI is InChI=1S/C18H33N3O2.ClH/c1-19-11-4-12-20-18(23)15-7-9-16(10-8-15)21-17(22)13-14-5-2-3-6-14;/h14-16,19H,2-13H2,1H3,(H,20,23)(H,21,22);1H. The average Bonchev–Trinajstić information content (AvgIpc) is 3.05. The van der Waals surface area contributed by atoms with E-state index in [1.807, 2.05) is 7.05 Å². The topological polar surface area (TPSA) is 70.2 Å². The van der Waals surface area contributed by atoms with Crippen molar-refractivity contribution in [3.63, 3.8) is 0 Å². The fourth-order valence-corrected chi connectivity index (χ4v) is 3.88. The summed E-state index contributed by atoms with van der Waals surface area (Å²) in [6.07, 6.45) is 10.3. The maximum absolute atomic E-state index is 12.1. The van der Waals surface area contributed by atoms with Crippen LogP contribution in [0, 0.1) is 11.8 Å². The predicted molar refractivity (Wildman–Crippen MR) is 99.3 cm³/mol. The van der Waals surface area contributed by atoms with Crippen molar-refractivity contribution >= 4 is 24.2 Å². The second-order valence-electron chi connectivity index (χ2n) is 7.22. The number of hydrogen-bond acceptors (Lipinski definition) is 3. The summed E-state index contributed by atoms with van der Waals surface area (Å²) in [6.45, 7) is 1.68. The number of carbonyl (C=O) groups is 2. The van der Waals surface area contributed by atoms with E-state index in [-0.39, 0.29) is 36.2 Å². The van der Waals surface area contributed by atoms with Crippen LogP contribution in [0.3, 0.4) is 0 Å². The fourth-order valence-electron chi connectivity index (χ4n) is 3.88. The summed E-state index contributed by atoms with van der Waals surface area (Å²) in [7, 11) is 1.92. The van der Waals surface area contributed by atoms with Crippen molar-refractivity contribution in [3.05, 3.63) is 0 Å². The molecule has 0 saturated heterocycles. The minimum absolute atomic E-state index is 0. The number of amides is 2. The summed E-state index contributed by atoms with van der Waals surface area (Å²) < 4.78 is 0. The van der Waals surface area contributed by atoms with Crippen molar-refractivity contribution in [3.8, 4) is 0 Å². The van der Waals surface area contributed by atoms with Crippen LogP contribution in [0.1, 0.15) is 64.2 Å². The van der Waals surface area contributed by atoms with Crippen LogP contribution < -0.4 is 16.0 Å². The fraction of sp³-hybridized carbons (Fsp3) is 0.889. The summed E-state index contributed by atoms with van der Waals surface area (Å²) in [4.78, 5) is 24.2. The molecular formula is C18H34ClN3O2. The molecule has 0 radical (unpaired) electrons. The maximum atomic E-state index is 12.1. The minimum Gasteiger partial charge on any atom is -0.356 e. The van der Waals surface area contributed by atoms with Gasteiger partial charge in [0.05, 0.1) is 0 Å². The van der Waals surface area contributed by atoms with Crippen LogP contribution in [0.2, 0.25) is 0 Å². The van der Waals surface area contributed by atoms with E-state index >= 15 is 0 Å². The Morgan fingerprint density at radius 2 is 1.62 bits per heavy atom. The van der Waals surface area contributed by atoms with Crippen molar-refractivity contribution in [2.24, 2.45) is 11.8 Å². The van der Waals surface area contributed by atoms with Crippen molar-refractivity contribution < 1.29 is 9.59 Å². The molecule has 0 aromatic heterocycles. The van der Waals surface area contributed by atoms with Gasteiger partial charge < -0.3 is 16.0 Å². The molecule has 5 nitrogen and oxygen atoms in total. The van der Waals surface area contributed by atoms with Gasteiger partial charge in [-0.1, -0.05) is 12.8 Å². The molecule has 0 atom stereocenters. The van der Waals surface area contributed by atoms with Crippen LogP contribution in [0.15, 0.2) is 0 Å². The lowest BCUT2D eigenvalue weighted by molar-refractivity contribution is -0.126. The smallest absolute Gasteiger partial charge is 0.223 e. The second kappa shape index (κ2) is 11.7. The number of halogens is 1. The van der Waals surface area contributed by atoms with E-state index in [0.29, 0.717) is 12.3 Å². The Morgan fingerprint density at radius 3 is 2.25 bits per heavy atom. The van der Waals surface area contributed by atoms with Gasteiger partial charge in [0, 0.05) is 24.9 Å². The quantitative estimate of drug-likeness (QED) is 0.583. The molecule has 2 rings (SSSR count). The van der Waals surface area contributed by atoms with Gasteiger partial charge >= 0.3 is 0 Å². The molecule has 0 aromatic rings. The van der Waals surface area contributed by atoms with Gasteiger partial charge in [0.1, 0.15) is 0 Å². The predicted octanol–water partition coefficient (Wildman–Crippen LogP) is 2.39. The van der Waals surface area contributed by atoms with Gasteiger partial charge in [0.15, 0.2) is 0 Å². The van der Waals surface area contributed by atoms with Gasteiger partial charge in [0.25, 0.3) is 0 Å². The van der Waals surface area contributed by atoms with Crippen LogP contribution in [-0.4, -0.2) is 38.0 Å². The van der Waals surface area contributed by atoms with Gasteiger partial charge in [-0.2, -0.15) is 0 Å². The normalized spacial score (nSPS) is 24.2. The van der Waals surface area contributed by atoms with Gasteiger partial charge in [0.2, 0.25) is 11.8 Å². The van der Waals surface area contributed by atoms with Crippen molar-refractivity contribution in [2.45, 2.75) is 70.3 Å². The molecule has 0 heterocycles. The third-order valence-corrected chi connectivity index (χ3v) is 5.31. The Morgan fingerprint density at radius 1 is 0.958 bits per heavy atom. The summed E-state index contributed by atoms with van der Waals surface area (Å²) in [5.74, 6) is 1.15. The highest BCUT2D eigenvalue weighted by molar-refractivity contribution is 5.85. The van der Waals surface area contributed by atoms with Crippen LogP contribution in [-0.2, 0) is 9.59 Å². The van der Waals surface area contributed by atoms with Gasteiger partial charge in [-0.15, -0.1) is 12.4 Å². The van der Waals surface area contributed by atoms with E-state index in [1.54, 1.807) is 0 Å². The third kappa shape index (κ3) is 7.39. The van der Waals surface area contributed by atoms with Crippen LogP contribution >= 0.6 is 12.4 Å². The van der Waals surface area contributed by atoms with Gasteiger partial charge in [-0.3, -0.25) is 9.59 Å². The Labute approximate surface area is 152 Å². The summed E-state index contributed by atoms with van der Waals surface area (Å²) >= 11 is 0. The lowest BCUT2D eigenvalue weighted by Crippen LogP contribution is -2.41. The first-order valence-electron chi connectivity index (χ1n) is 9.40. The molecule has 0 spiro atoms. The zero-order valence-corrected chi connectivity index (χ0v) is 15.8. The molecule has 0 aromatic carbocycles. The summed E-state index contributed by atoms with van der Waals surface area (Å²) in [5, 5.41) is 9.29. The number of nitrogens with one attached hydrogen (secondary N) is 3. The number of carbonyl (C=O) groups excluding carboxylic acids is 2. The molecule has 0 bridgehead atoms. The van der Waals surface area contributed by atoms with Gasteiger partial charge in [-0.25, -0.2) is 0 Å². The van der Waals surface area contributed by atoms with Crippen LogP contribution in [0.4, 0.5) is 0 Å². The first-order chi connectivity index (χ1) is 11.2. The second-order valence-corrected chi connectivity index (χ2v) is 7.22. The molecule has 140 valence electrons. The first-order valence-corrected chi connectivity index (χ1v) is 9.40. The minimum atomic E-state index is 0. The zero-order chi connectivity index (χ0) is 16.5. The molecule has 2 saturated carbocycles. The molecule has 2 amide bonds. The van der Waals surface area contributed by atoms with E-state index in [0.717, 1.165) is 45.2 Å². The molecule has 3 N–H and O–H groups in total. The molecule has 6 heteroatoms. The molecule has 0 unspecified atom stereocenters. The summed E-state index contributed by atoms with van der Waals surface area (Å²) in [5.41, 5.74) is 0. The molecule has 0 aliphatic heterocycles. The first kappa shape index (κ1) is 21.2. The number of hydrogen-bond donors (Lipinski definition) is 3. The van der Waals surface area contributed by atoms with Crippen molar-refractivity contribution in [1.82, 2.24) is 16.0 Å². The van der Waals surface area contributed by atoms with E-state index in [1.165, 1.54) is 25.7 Å². The maximum Gasteiger partial charge on any atom is 0.223 e. The Bertz CT molecular complexity index is 378. The Kier molecular flexibility index (Phi) is 10.3. The molecule has 2 aliphatic rings. The van der Waals surface area contributed by atoms with Crippen molar-refractivity contribution in [1.29, 1.82) is 0 Å². The van der Waals surface area contributed by atoms with E-state index in [4.69, 9.17) is 0 Å². The molecular weight excluding hydrogens is 326 g/mol. The molecule has 2 aliphatic carbocycles. The van der Waals surface area contributed by atoms with E-state index in [9.17, 15) is 9.59 Å². The Hall–Kier alpha value is -0.810. The lowest BCUT2D eigenvalue weighted by atomic mass is 9.85. The molecule has 24 heavy (non-hydrogen) atoms. The SMILES string of the molecule is CNCCCNC(=O)C1CCC(NC(=O)CC2CCCC2)CC1.Cl. The van der Waals surface area contributed by atoms with E-state index in [2.05, 4.69) is 16.0 Å². The van der Waals surface area contributed by atoms with Gasteiger partial charge in [-0.05, 0) is 64.5 Å². The highest BCUT2D eigenvalue weighted by atomic mass is 35.5. The molecule has 2 fully saturated rings. The third-order valence-electron chi connectivity index (χ3n) is 5.31. The van der Waals surface area contributed by atoms with E-state index < -0.39 is 0 Å². The number of rotatable bonds is 8.